The van der Waals surface area contributed by atoms with Gasteiger partial charge in [0.05, 0.1) is 0 Å². The predicted octanol–water partition coefficient (Wildman–Crippen LogP) is 3.48. The number of hydrogen-bond donors (Lipinski definition) is 1. The number of rotatable bonds is 7. The third-order valence-corrected chi connectivity index (χ3v) is 4.78. The first-order chi connectivity index (χ1) is 10.3. The number of thioether (sulfide) groups is 1. The maximum Gasteiger partial charge on any atom is 0.129 e. The van der Waals surface area contributed by atoms with Crippen LogP contribution in [0.2, 0.25) is 0 Å². The third kappa shape index (κ3) is 5.51. The van der Waals surface area contributed by atoms with E-state index in [-0.39, 0.29) is 0 Å². The molecule has 0 radical (unpaired) electrons. The van der Waals surface area contributed by atoms with E-state index in [1.807, 2.05) is 0 Å². The zero-order chi connectivity index (χ0) is 14.9. The fraction of sp³-hybridized carbons (Fsp3) is 0.706. The lowest BCUT2D eigenvalue weighted by Gasteiger charge is -2.22. The van der Waals surface area contributed by atoms with Gasteiger partial charge in [-0.3, -0.25) is 0 Å². The number of hydrogen-bond acceptors (Lipinski definition) is 4. The highest BCUT2D eigenvalue weighted by Crippen LogP contribution is 2.20. The molecule has 3 nitrogen and oxygen atoms in total. The first-order valence-corrected chi connectivity index (χ1v) is 9.52. The molecule has 1 aromatic heterocycles. The first-order valence-electron chi connectivity index (χ1n) is 8.36. The highest BCUT2D eigenvalue weighted by Gasteiger charge is 2.13. The van der Waals surface area contributed by atoms with Crippen molar-refractivity contribution in [2.24, 2.45) is 0 Å². The van der Waals surface area contributed by atoms with E-state index in [2.05, 4.69) is 48.0 Å². The molecule has 21 heavy (non-hydrogen) atoms. The number of anilines is 1. The van der Waals surface area contributed by atoms with Crippen molar-refractivity contribution >= 4 is 17.6 Å². The fourth-order valence-electron chi connectivity index (χ4n) is 2.67. The van der Waals surface area contributed by atoms with E-state index in [0.29, 0.717) is 0 Å². The second kappa shape index (κ2) is 9.31. The normalized spacial score (nSPS) is 16.0. The Hall–Kier alpha value is -0.740. The monoisotopic (exact) mass is 307 g/mol. The molecule has 1 aliphatic rings. The summed E-state index contributed by atoms with van der Waals surface area (Å²) in [6.07, 6.45) is 4.70. The largest absolute Gasteiger partial charge is 0.356 e. The molecule has 1 aliphatic heterocycles. The highest BCUT2D eigenvalue weighted by molar-refractivity contribution is 7.99. The van der Waals surface area contributed by atoms with Crippen LogP contribution in [0.1, 0.15) is 44.4 Å². The number of aryl methyl sites for hydroxylation is 1. The molecule has 0 aliphatic carbocycles. The highest BCUT2D eigenvalue weighted by atomic mass is 32.2. The summed E-state index contributed by atoms with van der Waals surface area (Å²) < 4.78 is 0. The molecule has 2 heterocycles. The molecular formula is C17H29N3S. The van der Waals surface area contributed by atoms with Crippen LogP contribution in [0.3, 0.4) is 0 Å². The minimum atomic E-state index is 0.961. The third-order valence-electron chi connectivity index (χ3n) is 3.73. The fourth-order valence-corrected chi connectivity index (χ4v) is 3.55. The molecule has 0 spiro atoms. The van der Waals surface area contributed by atoms with Gasteiger partial charge in [0.15, 0.2) is 0 Å². The molecule has 0 atom stereocenters. The smallest absolute Gasteiger partial charge is 0.129 e. The summed E-state index contributed by atoms with van der Waals surface area (Å²) in [6.45, 7) is 8.77. The molecule has 1 fully saturated rings. The maximum atomic E-state index is 4.91. The SMILES string of the molecule is CCCNCc1cc(CCC)nc(N2CCCSCC2)c1. The van der Waals surface area contributed by atoms with Crippen molar-refractivity contribution in [1.82, 2.24) is 10.3 Å². The summed E-state index contributed by atoms with van der Waals surface area (Å²) in [5, 5.41) is 3.51. The molecule has 2 rings (SSSR count). The van der Waals surface area contributed by atoms with E-state index in [1.165, 1.54) is 41.4 Å². The van der Waals surface area contributed by atoms with Gasteiger partial charge >= 0.3 is 0 Å². The molecule has 0 aromatic carbocycles. The van der Waals surface area contributed by atoms with Gasteiger partial charge in [-0.05, 0) is 49.3 Å². The molecule has 1 saturated heterocycles. The lowest BCUT2D eigenvalue weighted by atomic mass is 10.1. The summed E-state index contributed by atoms with van der Waals surface area (Å²) in [5.41, 5.74) is 2.63. The van der Waals surface area contributed by atoms with Crippen molar-refractivity contribution < 1.29 is 0 Å². The molecule has 0 saturated carbocycles. The molecule has 0 unspecified atom stereocenters. The first kappa shape index (κ1) is 16.6. The summed E-state index contributed by atoms with van der Waals surface area (Å²) in [6, 6.07) is 4.57. The molecular weight excluding hydrogens is 278 g/mol. The predicted molar refractivity (Wildman–Crippen MR) is 94.4 cm³/mol. The molecule has 4 heteroatoms. The van der Waals surface area contributed by atoms with E-state index in [1.54, 1.807) is 0 Å². The van der Waals surface area contributed by atoms with Gasteiger partial charge in [-0.25, -0.2) is 4.98 Å². The van der Waals surface area contributed by atoms with Crippen LogP contribution in [0.15, 0.2) is 12.1 Å². The molecule has 1 aromatic rings. The summed E-state index contributed by atoms with van der Waals surface area (Å²) >= 11 is 2.07. The van der Waals surface area contributed by atoms with Crippen molar-refractivity contribution in [3.05, 3.63) is 23.4 Å². The molecule has 0 amide bonds. The Morgan fingerprint density at radius 1 is 1.19 bits per heavy atom. The Bertz CT molecular complexity index is 414. The van der Waals surface area contributed by atoms with Crippen LogP contribution in [0.5, 0.6) is 0 Å². The van der Waals surface area contributed by atoms with Gasteiger partial charge in [-0.15, -0.1) is 0 Å². The average molecular weight is 308 g/mol. The standard InChI is InChI=1S/C17H29N3S/c1-3-6-16-12-15(14-18-7-4-2)13-17(19-16)20-8-5-10-21-11-9-20/h12-13,18H,3-11,14H2,1-2H3. The molecule has 118 valence electrons. The Balaban J connectivity index is 2.13. The Labute approximate surface area is 133 Å². The lowest BCUT2D eigenvalue weighted by molar-refractivity contribution is 0.672. The van der Waals surface area contributed by atoms with Crippen LogP contribution in [0.25, 0.3) is 0 Å². The Morgan fingerprint density at radius 2 is 2.10 bits per heavy atom. The van der Waals surface area contributed by atoms with Crippen LogP contribution in [-0.4, -0.2) is 36.1 Å². The van der Waals surface area contributed by atoms with Gasteiger partial charge in [0, 0.05) is 31.1 Å². The number of pyridine rings is 1. The van der Waals surface area contributed by atoms with E-state index in [4.69, 9.17) is 4.98 Å². The van der Waals surface area contributed by atoms with E-state index >= 15 is 0 Å². The van der Waals surface area contributed by atoms with Crippen LogP contribution >= 0.6 is 11.8 Å². The van der Waals surface area contributed by atoms with E-state index in [9.17, 15) is 0 Å². The van der Waals surface area contributed by atoms with Crippen molar-refractivity contribution in [2.75, 3.05) is 36.0 Å². The molecule has 0 bridgehead atoms. The van der Waals surface area contributed by atoms with Crippen LogP contribution in [-0.2, 0) is 13.0 Å². The van der Waals surface area contributed by atoms with Crippen LogP contribution in [0, 0.1) is 0 Å². The maximum absolute atomic E-state index is 4.91. The van der Waals surface area contributed by atoms with Gasteiger partial charge in [-0.2, -0.15) is 11.8 Å². The van der Waals surface area contributed by atoms with E-state index < -0.39 is 0 Å². The van der Waals surface area contributed by atoms with Gasteiger partial charge in [0.25, 0.3) is 0 Å². The topological polar surface area (TPSA) is 28.2 Å². The van der Waals surface area contributed by atoms with Gasteiger partial charge in [0.1, 0.15) is 5.82 Å². The van der Waals surface area contributed by atoms with Crippen molar-refractivity contribution in [3.63, 3.8) is 0 Å². The van der Waals surface area contributed by atoms with Crippen LogP contribution in [0.4, 0.5) is 5.82 Å². The number of nitrogens with zero attached hydrogens (tertiary/aromatic N) is 2. The van der Waals surface area contributed by atoms with Crippen molar-refractivity contribution in [2.45, 2.75) is 46.1 Å². The molecule has 1 N–H and O–H groups in total. The summed E-state index contributed by atoms with van der Waals surface area (Å²) in [7, 11) is 0. The van der Waals surface area contributed by atoms with Gasteiger partial charge < -0.3 is 10.2 Å². The van der Waals surface area contributed by atoms with Crippen LogP contribution < -0.4 is 10.2 Å². The summed E-state index contributed by atoms with van der Waals surface area (Å²) in [5.74, 6) is 3.70. The minimum Gasteiger partial charge on any atom is -0.356 e. The second-order valence-electron chi connectivity index (χ2n) is 5.70. The van der Waals surface area contributed by atoms with Gasteiger partial charge in [0.2, 0.25) is 0 Å². The van der Waals surface area contributed by atoms with Crippen molar-refractivity contribution in [1.29, 1.82) is 0 Å². The average Bonchev–Trinajstić information content (AvgIpc) is 2.77. The zero-order valence-corrected chi connectivity index (χ0v) is 14.3. The van der Waals surface area contributed by atoms with Crippen molar-refractivity contribution in [3.8, 4) is 0 Å². The van der Waals surface area contributed by atoms with E-state index in [0.717, 1.165) is 39.0 Å². The van der Waals surface area contributed by atoms with Gasteiger partial charge in [-0.1, -0.05) is 20.3 Å². The zero-order valence-electron chi connectivity index (χ0n) is 13.5. The Kier molecular flexibility index (Phi) is 7.37. The number of nitrogens with one attached hydrogen (secondary N) is 1. The quantitative estimate of drug-likeness (QED) is 0.781. The minimum absolute atomic E-state index is 0.961. The number of aromatic nitrogens is 1. The lowest BCUT2D eigenvalue weighted by Crippen LogP contribution is -2.27. The Morgan fingerprint density at radius 3 is 2.90 bits per heavy atom. The summed E-state index contributed by atoms with van der Waals surface area (Å²) in [4.78, 5) is 7.38. The second-order valence-corrected chi connectivity index (χ2v) is 6.93.